The summed E-state index contributed by atoms with van der Waals surface area (Å²) < 4.78 is 27.3. The molecule has 0 amide bonds. The molecular weight excluding hydrogens is 357 g/mol. The highest BCUT2D eigenvalue weighted by molar-refractivity contribution is 7.93. The smallest absolute Gasteiger partial charge is 0.261 e. The molecule has 21 heavy (non-hydrogen) atoms. The number of halogens is 3. The Bertz CT molecular complexity index is 783. The predicted octanol–water partition coefficient (Wildman–Crippen LogP) is 3.85. The molecule has 0 aliphatic heterocycles. The fourth-order valence-electron chi connectivity index (χ4n) is 1.70. The summed E-state index contributed by atoms with van der Waals surface area (Å²) in [7, 11) is -4.00. The van der Waals surface area contributed by atoms with Crippen molar-refractivity contribution in [2.45, 2.75) is 18.7 Å². The maximum atomic E-state index is 12.5. The minimum Gasteiger partial charge on any atom is -0.261 e. The summed E-state index contributed by atoms with van der Waals surface area (Å²) in [5.74, 6) is -0.0766. The van der Waals surface area contributed by atoms with Gasteiger partial charge >= 0.3 is 0 Å². The number of aromatic nitrogens is 2. The van der Waals surface area contributed by atoms with Gasteiger partial charge in [-0.2, -0.15) is 0 Å². The molecule has 0 bridgehead atoms. The first-order valence-corrected chi connectivity index (χ1v) is 8.30. The van der Waals surface area contributed by atoms with Gasteiger partial charge in [0, 0.05) is 17.4 Å². The van der Waals surface area contributed by atoms with Gasteiger partial charge in [-0.1, -0.05) is 34.8 Å². The van der Waals surface area contributed by atoms with E-state index < -0.39 is 10.0 Å². The van der Waals surface area contributed by atoms with Crippen molar-refractivity contribution in [3.63, 3.8) is 0 Å². The van der Waals surface area contributed by atoms with Gasteiger partial charge in [0.2, 0.25) is 0 Å². The van der Waals surface area contributed by atoms with E-state index in [1.807, 2.05) is 0 Å². The number of aryl methyl sites for hydroxylation is 1. The van der Waals surface area contributed by atoms with E-state index in [-0.39, 0.29) is 20.9 Å². The zero-order chi connectivity index (χ0) is 15.8. The van der Waals surface area contributed by atoms with E-state index in [0.29, 0.717) is 16.1 Å². The van der Waals surface area contributed by atoms with Crippen LogP contribution in [0.15, 0.2) is 23.4 Å². The molecule has 0 fully saturated rings. The molecule has 112 valence electrons. The zero-order valence-corrected chi connectivity index (χ0v) is 14.1. The molecule has 1 N–H and O–H groups in total. The predicted molar refractivity (Wildman–Crippen MR) is 83.8 cm³/mol. The molecule has 1 heterocycles. The molecule has 9 heteroatoms. The average molecular weight is 367 g/mol. The third kappa shape index (κ3) is 3.23. The van der Waals surface area contributed by atoms with Crippen LogP contribution in [0.3, 0.4) is 0 Å². The van der Waals surface area contributed by atoms with Crippen LogP contribution in [0.1, 0.15) is 11.1 Å². The number of benzene rings is 1. The van der Waals surface area contributed by atoms with Crippen LogP contribution < -0.4 is 4.72 Å². The minimum atomic E-state index is -4.00. The van der Waals surface area contributed by atoms with Gasteiger partial charge in [0.05, 0.1) is 5.02 Å². The van der Waals surface area contributed by atoms with E-state index in [1.165, 1.54) is 12.4 Å². The largest absolute Gasteiger partial charge is 0.264 e. The molecule has 5 nitrogen and oxygen atoms in total. The Morgan fingerprint density at radius 1 is 1.10 bits per heavy atom. The Hall–Kier alpha value is -1.08. The van der Waals surface area contributed by atoms with Crippen molar-refractivity contribution >= 4 is 50.6 Å². The second-order valence-electron chi connectivity index (χ2n) is 4.24. The Morgan fingerprint density at radius 3 is 2.33 bits per heavy atom. The third-order valence-electron chi connectivity index (χ3n) is 2.74. The number of anilines is 1. The van der Waals surface area contributed by atoms with Gasteiger partial charge in [0.1, 0.15) is 4.90 Å². The second-order valence-corrected chi connectivity index (χ2v) is 7.01. The summed E-state index contributed by atoms with van der Waals surface area (Å²) in [5.41, 5.74) is 0.901. The normalized spacial score (nSPS) is 11.5. The molecule has 1 aromatic heterocycles. The van der Waals surface area contributed by atoms with Crippen molar-refractivity contribution in [2.75, 3.05) is 4.72 Å². The second kappa shape index (κ2) is 5.96. The minimum absolute atomic E-state index is 0.0615. The first-order chi connectivity index (χ1) is 9.74. The van der Waals surface area contributed by atoms with E-state index in [0.717, 1.165) is 0 Å². The molecule has 0 unspecified atom stereocenters. The lowest BCUT2D eigenvalue weighted by molar-refractivity contribution is 0.600. The number of hydrogen-bond acceptors (Lipinski definition) is 4. The SMILES string of the molecule is Cc1cc(Cl)c(C)c(S(=O)(=O)Nc2nccnc2Cl)c1Cl. The lowest BCUT2D eigenvalue weighted by Gasteiger charge is -2.14. The molecule has 0 aliphatic rings. The highest BCUT2D eigenvalue weighted by atomic mass is 35.5. The Morgan fingerprint density at radius 2 is 1.71 bits per heavy atom. The van der Waals surface area contributed by atoms with Gasteiger partial charge in [-0.05, 0) is 31.0 Å². The topological polar surface area (TPSA) is 72.0 Å². The van der Waals surface area contributed by atoms with Crippen LogP contribution in [0.4, 0.5) is 5.82 Å². The molecule has 0 atom stereocenters. The maximum absolute atomic E-state index is 12.5. The van der Waals surface area contributed by atoms with Gasteiger partial charge < -0.3 is 0 Å². The van der Waals surface area contributed by atoms with Crippen molar-refractivity contribution in [1.82, 2.24) is 9.97 Å². The number of rotatable bonds is 3. The third-order valence-corrected chi connectivity index (χ3v) is 5.52. The van der Waals surface area contributed by atoms with Crippen LogP contribution in [0.25, 0.3) is 0 Å². The highest BCUT2D eigenvalue weighted by Gasteiger charge is 2.25. The van der Waals surface area contributed by atoms with E-state index >= 15 is 0 Å². The van der Waals surface area contributed by atoms with Crippen molar-refractivity contribution in [1.29, 1.82) is 0 Å². The van der Waals surface area contributed by atoms with Crippen molar-refractivity contribution < 1.29 is 8.42 Å². The molecule has 0 saturated carbocycles. The monoisotopic (exact) mass is 365 g/mol. The first-order valence-electron chi connectivity index (χ1n) is 5.68. The fraction of sp³-hybridized carbons (Fsp3) is 0.167. The molecule has 0 spiro atoms. The van der Waals surface area contributed by atoms with Crippen LogP contribution in [0.5, 0.6) is 0 Å². The van der Waals surface area contributed by atoms with Gasteiger partial charge in [-0.25, -0.2) is 18.4 Å². The lowest BCUT2D eigenvalue weighted by atomic mass is 10.2. The number of nitrogens with zero attached hydrogens (tertiary/aromatic N) is 2. The number of sulfonamides is 1. The molecule has 2 aromatic rings. The van der Waals surface area contributed by atoms with Gasteiger partial charge in [0.15, 0.2) is 11.0 Å². The van der Waals surface area contributed by atoms with Crippen LogP contribution in [-0.2, 0) is 10.0 Å². The fourth-order valence-corrected chi connectivity index (χ4v) is 4.14. The van der Waals surface area contributed by atoms with Crippen LogP contribution in [0.2, 0.25) is 15.2 Å². The van der Waals surface area contributed by atoms with Gasteiger partial charge in [0.25, 0.3) is 10.0 Å². The first kappa shape index (κ1) is 16.3. The summed E-state index contributed by atoms with van der Waals surface area (Å²) in [6.07, 6.45) is 2.67. The maximum Gasteiger partial charge on any atom is 0.264 e. The summed E-state index contributed by atoms with van der Waals surface area (Å²) in [4.78, 5) is 7.49. The van der Waals surface area contributed by atoms with E-state index in [9.17, 15) is 8.42 Å². The summed E-state index contributed by atoms with van der Waals surface area (Å²) in [6.45, 7) is 3.24. The van der Waals surface area contributed by atoms with E-state index in [1.54, 1.807) is 19.9 Å². The molecular formula is C12H10Cl3N3O2S. The molecule has 0 radical (unpaired) electrons. The Kier molecular flexibility index (Phi) is 4.63. The summed E-state index contributed by atoms with van der Waals surface area (Å²) in [5, 5.41) is 0.348. The Labute approximate surface area is 137 Å². The van der Waals surface area contributed by atoms with Crippen LogP contribution in [0, 0.1) is 13.8 Å². The molecule has 1 aromatic carbocycles. The quantitative estimate of drug-likeness (QED) is 0.895. The summed E-state index contributed by atoms with van der Waals surface area (Å²) in [6, 6.07) is 1.60. The lowest BCUT2D eigenvalue weighted by Crippen LogP contribution is -2.17. The van der Waals surface area contributed by atoms with Crippen molar-refractivity contribution in [3.8, 4) is 0 Å². The summed E-state index contributed by atoms with van der Waals surface area (Å²) >= 11 is 17.9. The molecule has 0 aliphatic carbocycles. The molecule has 0 saturated heterocycles. The highest BCUT2D eigenvalue weighted by Crippen LogP contribution is 2.34. The number of hydrogen-bond donors (Lipinski definition) is 1. The van der Waals surface area contributed by atoms with Crippen molar-refractivity contribution in [2.24, 2.45) is 0 Å². The van der Waals surface area contributed by atoms with Gasteiger partial charge in [-0.3, -0.25) is 4.72 Å². The van der Waals surface area contributed by atoms with E-state index in [4.69, 9.17) is 34.8 Å². The zero-order valence-electron chi connectivity index (χ0n) is 11.0. The average Bonchev–Trinajstić information content (AvgIpc) is 2.39. The standard InChI is InChI=1S/C12H10Cl3N3O2S/c1-6-5-8(13)7(2)10(9(6)14)21(19,20)18-12-11(15)16-3-4-17-12/h3-5H,1-2H3,(H,17,18). The van der Waals surface area contributed by atoms with Crippen molar-refractivity contribution in [3.05, 3.63) is 44.8 Å². The number of nitrogens with one attached hydrogen (secondary N) is 1. The van der Waals surface area contributed by atoms with E-state index in [2.05, 4.69) is 14.7 Å². The van der Waals surface area contributed by atoms with Crippen LogP contribution >= 0.6 is 34.8 Å². The Balaban J connectivity index is 2.58. The molecule has 2 rings (SSSR count). The van der Waals surface area contributed by atoms with Gasteiger partial charge in [-0.15, -0.1) is 0 Å². The van der Waals surface area contributed by atoms with Crippen LogP contribution in [-0.4, -0.2) is 18.4 Å².